The van der Waals surface area contributed by atoms with Crippen molar-refractivity contribution in [2.45, 2.75) is 71.3 Å². The molecular formula is C17H26O. The van der Waals surface area contributed by atoms with Crippen molar-refractivity contribution in [3.05, 3.63) is 29.3 Å². The van der Waals surface area contributed by atoms with Crippen LogP contribution in [0.2, 0.25) is 0 Å². The average molecular weight is 246 g/mol. The maximum absolute atomic E-state index is 6.10. The fourth-order valence-corrected chi connectivity index (χ4v) is 2.81. The minimum absolute atomic E-state index is 0.315. The summed E-state index contributed by atoms with van der Waals surface area (Å²) in [5.74, 6) is 1.85. The van der Waals surface area contributed by atoms with Gasteiger partial charge in [0.25, 0.3) is 0 Å². The van der Waals surface area contributed by atoms with Crippen LogP contribution in [0.25, 0.3) is 0 Å². The zero-order chi connectivity index (χ0) is 13.0. The zero-order valence-electron chi connectivity index (χ0n) is 12.0. The molecule has 1 saturated carbocycles. The first-order chi connectivity index (χ1) is 8.70. The third-order valence-electron chi connectivity index (χ3n) is 4.11. The second-order valence-electron chi connectivity index (χ2n) is 5.71. The van der Waals surface area contributed by atoms with Crippen LogP contribution in [0.5, 0.6) is 5.75 Å². The van der Waals surface area contributed by atoms with Gasteiger partial charge >= 0.3 is 0 Å². The molecule has 1 atom stereocenters. The summed E-state index contributed by atoms with van der Waals surface area (Å²) in [5.41, 5.74) is 2.81. The standard InChI is InChI=1S/C17H26O/c1-4-14(3)18-17-11-10-13(2)12-16(17)15-8-6-5-7-9-15/h10-12,14-15H,4-9H2,1-3H3. The predicted octanol–water partition coefficient (Wildman–Crippen LogP) is 5.22. The largest absolute Gasteiger partial charge is 0.490 e. The van der Waals surface area contributed by atoms with Gasteiger partial charge in [0.05, 0.1) is 6.10 Å². The maximum atomic E-state index is 6.10. The highest BCUT2D eigenvalue weighted by Gasteiger charge is 2.20. The third kappa shape index (κ3) is 3.28. The molecule has 0 aromatic heterocycles. The van der Waals surface area contributed by atoms with Crippen LogP contribution < -0.4 is 4.74 Å². The number of aryl methyl sites for hydroxylation is 1. The second-order valence-corrected chi connectivity index (χ2v) is 5.71. The van der Waals surface area contributed by atoms with Crippen molar-refractivity contribution >= 4 is 0 Å². The Labute approximate surface area is 112 Å². The SMILES string of the molecule is CCC(C)Oc1ccc(C)cc1C1CCCCC1. The lowest BCUT2D eigenvalue weighted by molar-refractivity contribution is 0.213. The topological polar surface area (TPSA) is 9.23 Å². The molecule has 1 heteroatoms. The Bertz CT molecular complexity index is 377. The molecule has 18 heavy (non-hydrogen) atoms. The molecule has 0 spiro atoms. The summed E-state index contributed by atoms with van der Waals surface area (Å²) in [5, 5.41) is 0. The molecule has 2 rings (SSSR count). The monoisotopic (exact) mass is 246 g/mol. The molecule has 0 saturated heterocycles. The van der Waals surface area contributed by atoms with Crippen LogP contribution in [0.15, 0.2) is 18.2 Å². The molecule has 0 heterocycles. The Hall–Kier alpha value is -0.980. The molecule has 1 aromatic rings. The zero-order valence-corrected chi connectivity index (χ0v) is 12.0. The summed E-state index contributed by atoms with van der Waals surface area (Å²) < 4.78 is 6.10. The summed E-state index contributed by atoms with van der Waals surface area (Å²) in [6.07, 6.45) is 8.21. The molecular weight excluding hydrogens is 220 g/mol. The Morgan fingerprint density at radius 3 is 2.61 bits per heavy atom. The first-order valence-corrected chi connectivity index (χ1v) is 7.48. The Kier molecular flexibility index (Phi) is 4.68. The van der Waals surface area contributed by atoms with Crippen LogP contribution in [0.3, 0.4) is 0 Å². The molecule has 0 bridgehead atoms. The van der Waals surface area contributed by atoms with Gasteiger partial charge in [-0.2, -0.15) is 0 Å². The van der Waals surface area contributed by atoms with E-state index in [0.717, 1.165) is 18.1 Å². The number of hydrogen-bond acceptors (Lipinski definition) is 1. The van der Waals surface area contributed by atoms with E-state index in [1.54, 1.807) is 0 Å². The van der Waals surface area contributed by atoms with E-state index in [1.807, 2.05) is 0 Å². The smallest absolute Gasteiger partial charge is 0.123 e. The van der Waals surface area contributed by atoms with Crippen molar-refractivity contribution in [1.29, 1.82) is 0 Å². The molecule has 100 valence electrons. The van der Waals surface area contributed by atoms with Crippen molar-refractivity contribution in [3.8, 4) is 5.75 Å². The molecule has 1 aromatic carbocycles. The molecule has 0 radical (unpaired) electrons. The van der Waals surface area contributed by atoms with Crippen LogP contribution in [0.4, 0.5) is 0 Å². The summed E-state index contributed by atoms with van der Waals surface area (Å²) in [4.78, 5) is 0. The maximum Gasteiger partial charge on any atom is 0.123 e. The van der Waals surface area contributed by atoms with E-state index in [0.29, 0.717) is 6.10 Å². The van der Waals surface area contributed by atoms with Crippen LogP contribution in [0.1, 0.15) is 69.4 Å². The van der Waals surface area contributed by atoms with E-state index in [4.69, 9.17) is 4.74 Å². The van der Waals surface area contributed by atoms with E-state index in [9.17, 15) is 0 Å². The van der Waals surface area contributed by atoms with Crippen LogP contribution >= 0.6 is 0 Å². The van der Waals surface area contributed by atoms with Crippen molar-refractivity contribution < 1.29 is 4.74 Å². The molecule has 1 fully saturated rings. The molecule has 0 amide bonds. The number of benzene rings is 1. The van der Waals surface area contributed by atoms with Gasteiger partial charge in [-0.3, -0.25) is 0 Å². The number of hydrogen-bond donors (Lipinski definition) is 0. The van der Waals surface area contributed by atoms with Crippen LogP contribution in [-0.4, -0.2) is 6.10 Å². The highest BCUT2D eigenvalue weighted by Crippen LogP contribution is 2.38. The van der Waals surface area contributed by atoms with E-state index in [-0.39, 0.29) is 0 Å². The lowest BCUT2D eigenvalue weighted by Gasteiger charge is -2.26. The lowest BCUT2D eigenvalue weighted by atomic mass is 9.83. The fraction of sp³-hybridized carbons (Fsp3) is 0.647. The van der Waals surface area contributed by atoms with E-state index in [1.165, 1.54) is 43.2 Å². The van der Waals surface area contributed by atoms with Gasteiger partial charge in [-0.15, -0.1) is 0 Å². The van der Waals surface area contributed by atoms with Crippen LogP contribution in [0, 0.1) is 6.92 Å². The van der Waals surface area contributed by atoms with Gasteiger partial charge in [0.2, 0.25) is 0 Å². The highest BCUT2D eigenvalue weighted by atomic mass is 16.5. The Morgan fingerprint density at radius 2 is 1.94 bits per heavy atom. The third-order valence-corrected chi connectivity index (χ3v) is 4.11. The van der Waals surface area contributed by atoms with Gasteiger partial charge in [-0.05, 0) is 50.7 Å². The molecule has 1 unspecified atom stereocenters. The minimum atomic E-state index is 0.315. The van der Waals surface area contributed by atoms with Crippen molar-refractivity contribution in [1.82, 2.24) is 0 Å². The van der Waals surface area contributed by atoms with Crippen LogP contribution in [-0.2, 0) is 0 Å². The van der Waals surface area contributed by atoms with Gasteiger partial charge in [0.15, 0.2) is 0 Å². The predicted molar refractivity (Wildman–Crippen MR) is 77.4 cm³/mol. The van der Waals surface area contributed by atoms with Gasteiger partial charge in [-0.1, -0.05) is 43.9 Å². The van der Waals surface area contributed by atoms with E-state index >= 15 is 0 Å². The Balaban J connectivity index is 2.22. The fourth-order valence-electron chi connectivity index (χ4n) is 2.81. The van der Waals surface area contributed by atoms with Gasteiger partial charge < -0.3 is 4.74 Å². The summed E-state index contributed by atoms with van der Waals surface area (Å²) in [6, 6.07) is 6.68. The number of rotatable bonds is 4. The summed E-state index contributed by atoms with van der Waals surface area (Å²) in [6.45, 7) is 6.52. The van der Waals surface area contributed by atoms with E-state index < -0.39 is 0 Å². The Morgan fingerprint density at radius 1 is 1.22 bits per heavy atom. The highest BCUT2D eigenvalue weighted by molar-refractivity contribution is 5.39. The molecule has 0 aliphatic heterocycles. The number of ether oxygens (including phenoxy) is 1. The summed E-state index contributed by atoms with van der Waals surface area (Å²) in [7, 11) is 0. The quantitative estimate of drug-likeness (QED) is 0.707. The van der Waals surface area contributed by atoms with Gasteiger partial charge in [-0.25, -0.2) is 0 Å². The lowest BCUT2D eigenvalue weighted by Crippen LogP contribution is -2.13. The molecule has 1 nitrogen and oxygen atoms in total. The van der Waals surface area contributed by atoms with Crippen molar-refractivity contribution in [2.24, 2.45) is 0 Å². The minimum Gasteiger partial charge on any atom is -0.490 e. The average Bonchev–Trinajstić information content (AvgIpc) is 2.41. The van der Waals surface area contributed by atoms with Crippen molar-refractivity contribution in [2.75, 3.05) is 0 Å². The van der Waals surface area contributed by atoms with Crippen molar-refractivity contribution in [3.63, 3.8) is 0 Å². The van der Waals surface area contributed by atoms with E-state index in [2.05, 4.69) is 39.0 Å². The molecule has 1 aliphatic rings. The molecule has 1 aliphatic carbocycles. The normalized spacial score (nSPS) is 18.6. The second kappa shape index (κ2) is 6.26. The summed E-state index contributed by atoms with van der Waals surface area (Å²) >= 11 is 0. The van der Waals surface area contributed by atoms with Gasteiger partial charge in [0.1, 0.15) is 5.75 Å². The molecule has 0 N–H and O–H groups in total. The van der Waals surface area contributed by atoms with Gasteiger partial charge in [0, 0.05) is 0 Å². The first kappa shape index (κ1) is 13.5. The first-order valence-electron chi connectivity index (χ1n) is 7.48.